The van der Waals surface area contributed by atoms with Crippen LogP contribution in [0.5, 0.6) is 0 Å². The summed E-state index contributed by atoms with van der Waals surface area (Å²) >= 11 is 0. The molecular weight excluding hydrogens is 471 g/mol. The van der Waals surface area contributed by atoms with Crippen LogP contribution in [0, 0.1) is 0 Å². The Morgan fingerprint density at radius 1 is 0.944 bits per heavy atom. The molecule has 0 saturated carbocycles. The van der Waals surface area contributed by atoms with Gasteiger partial charge in [0, 0.05) is 63.8 Å². The molecule has 7 nitrogen and oxygen atoms in total. The summed E-state index contributed by atoms with van der Waals surface area (Å²) in [5.74, 6) is -0.419. The van der Waals surface area contributed by atoms with E-state index >= 15 is 0 Å². The molecule has 1 fully saturated rings. The summed E-state index contributed by atoms with van der Waals surface area (Å²) in [6, 6.07) is 14.7. The van der Waals surface area contributed by atoms with Gasteiger partial charge in [-0.1, -0.05) is 36.4 Å². The van der Waals surface area contributed by atoms with E-state index in [4.69, 9.17) is 0 Å². The van der Waals surface area contributed by atoms with Crippen molar-refractivity contribution in [3.05, 3.63) is 90.0 Å². The highest BCUT2D eigenvalue weighted by Gasteiger charge is 2.31. The molecule has 10 heteroatoms. The lowest BCUT2D eigenvalue weighted by Crippen LogP contribution is -2.49. The fourth-order valence-electron chi connectivity index (χ4n) is 4.11. The molecule has 0 spiro atoms. The third kappa shape index (κ3) is 6.38. The molecule has 3 aromatic rings. The first-order valence-electron chi connectivity index (χ1n) is 11.6. The van der Waals surface area contributed by atoms with Crippen LogP contribution in [0.3, 0.4) is 0 Å². The predicted molar refractivity (Wildman–Crippen MR) is 128 cm³/mol. The molecular formula is C26H26F3N5O2. The highest BCUT2D eigenvalue weighted by Crippen LogP contribution is 2.31. The van der Waals surface area contributed by atoms with E-state index < -0.39 is 11.7 Å². The largest absolute Gasteiger partial charge is 0.416 e. The molecule has 2 heterocycles. The summed E-state index contributed by atoms with van der Waals surface area (Å²) in [7, 11) is 0. The zero-order chi connectivity index (χ0) is 25.5. The Kier molecular flexibility index (Phi) is 7.82. The summed E-state index contributed by atoms with van der Waals surface area (Å²) < 4.78 is 39.1. The van der Waals surface area contributed by atoms with Crippen LogP contribution in [0.25, 0.3) is 0 Å². The summed E-state index contributed by atoms with van der Waals surface area (Å²) in [6.45, 7) is 2.18. The monoisotopic (exact) mass is 497 g/mol. The van der Waals surface area contributed by atoms with Crippen molar-refractivity contribution in [3.63, 3.8) is 0 Å². The van der Waals surface area contributed by atoms with E-state index in [9.17, 15) is 22.8 Å². The molecule has 1 saturated heterocycles. The SMILES string of the molecule is O=C(CCN(Cc1ccccc1)C(=O)c1cnccn1)N1CCN(c2cccc(C(F)(F)F)c2)CC1. The quantitative estimate of drug-likeness (QED) is 0.496. The third-order valence-corrected chi connectivity index (χ3v) is 6.05. The van der Waals surface area contributed by atoms with Crippen molar-refractivity contribution in [1.82, 2.24) is 19.8 Å². The third-order valence-electron chi connectivity index (χ3n) is 6.05. The standard InChI is InChI=1S/C26H26F3N5O2/c27-26(28,29)21-7-4-8-22(17-21)32-13-15-33(16-14-32)24(35)9-12-34(19-20-5-2-1-3-6-20)25(36)23-18-30-10-11-31-23/h1-8,10-11,17-18H,9,12-16,19H2. The second-order valence-electron chi connectivity index (χ2n) is 8.47. The van der Waals surface area contributed by atoms with Crippen molar-refractivity contribution in [2.24, 2.45) is 0 Å². The lowest BCUT2D eigenvalue weighted by molar-refractivity contribution is -0.137. The van der Waals surface area contributed by atoms with Crippen LogP contribution in [-0.2, 0) is 17.5 Å². The maximum atomic E-state index is 13.0. The Hall–Kier alpha value is -3.95. The number of anilines is 1. The summed E-state index contributed by atoms with van der Waals surface area (Å²) in [6.07, 6.45) is 0.0591. The first-order valence-corrected chi connectivity index (χ1v) is 11.6. The van der Waals surface area contributed by atoms with E-state index in [0.29, 0.717) is 38.4 Å². The van der Waals surface area contributed by atoms with Crippen LogP contribution >= 0.6 is 0 Å². The van der Waals surface area contributed by atoms with Crippen LogP contribution in [0.15, 0.2) is 73.2 Å². The molecule has 1 aliphatic rings. The minimum absolute atomic E-state index is 0.108. The van der Waals surface area contributed by atoms with Crippen molar-refractivity contribution in [2.45, 2.75) is 19.1 Å². The van der Waals surface area contributed by atoms with Gasteiger partial charge >= 0.3 is 6.18 Å². The van der Waals surface area contributed by atoms with Gasteiger partial charge in [-0.15, -0.1) is 0 Å². The van der Waals surface area contributed by atoms with Gasteiger partial charge in [-0.05, 0) is 23.8 Å². The summed E-state index contributed by atoms with van der Waals surface area (Å²) in [5.41, 5.74) is 0.929. The van der Waals surface area contributed by atoms with E-state index in [1.165, 1.54) is 24.7 Å². The molecule has 2 aromatic carbocycles. The van der Waals surface area contributed by atoms with Crippen LogP contribution in [0.1, 0.15) is 28.0 Å². The number of hydrogen-bond acceptors (Lipinski definition) is 5. The predicted octanol–water partition coefficient (Wildman–Crippen LogP) is 3.88. The maximum Gasteiger partial charge on any atom is 0.416 e. The zero-order valence-electron chi connectivity index (χ0n) is 19.6. The first kappa shape index (κ1) is 25.2. The zero-order valence-corrected chi connectivity index (χ0v) is 19.6. The summed E-state index contributed by atoms with van der Waals surface area (Å²) in [4.78, 5) is 39.2. The van der Waals surface area contributed by atoms with Crippen molar-refractivity contribution < 1.29 is 22.8 Å². The van der Waals surface area contributed by atoms with Gasteiger partial charge in [0.15, 0.2) is 0 Å². The molecule has 188 valence electrons. The average molecular weight is 498 g/mol. The number of nitrogens with zero attached hydrogens (tertiary/aromatic N) is 5. The molecule has 36 heavy (non-hydrogen) atoms. The molecule has 0 aliphatic carbocycles. The van der Waals surface area contributed by atoms with Gasteiger partial charge in [-0.2, -0.15) is 13.2 Å². The topological polar surface area (TPSA) is 69.6 Å². The highest BCUT2D eigenvalue weighted by molar-refractivity contribution is 5.92. The molecule has 0 bridgehead atoms. The van der Waals surface area contributed by atoms with Gasteiger partial charge in [0.05, 0.1) is 11.8 Å². The van der Waals surface area contributed by atoms with Gasteiger partial charge in [0.25, 0.3) is 5.91 Å². The van der Waals surface area contributed by atoms with Crippen LogP contribution in [0.2, 0.25) is 0 Å². The van der Waals surface area contributed by atoms with Crippen molar-refractivity contribution in [2.75, 3.05) is 37.6 Å². The van der Waals surface area contributed by atoms with Crippen molar-refractivity contribution >= 4 is 17.5 Å². The lowest BCUT2D eigenvalue weighted by atomic mass is 10.1. The van der Waals surface area contributed by atoms with Crippen molar-refractivity contribution in [1.29, 1.82) is 0 Å². The summed E-state index contributed by atoms with van der Waals surface area (Å²) in [5, 5.41) is 0. The number of carbonyl (C=O) groups is 2. The van der Waals surface area contributed by atoms with E-state index in [0.717, 1.165) is 17.7 Å². The Morgan fingerprint density at radius 3 is 2.36 bits per heavy atom. The Bertz CT molecular complexity index is 1170. The molecule has 1 aliphatic heterocycles. The Balaban J connectivity index is 1.36. The number of piperazine rings is 1. The van der Waals surface area contributed by atoms with Gasteiger partial charge in [-0.3, -0.25) is 14.6 Å². The molecule has 0 unspecified atom stereocenters. The number of aromatic nitrogens is 2. The highest BCUT2D eigenvalue weighted by atomic mass is 19.4. The second-order valence-corrected chi connectivity index (χ2v) is 8.47. The first-order chi connectivity index (χ1) is 17.3. The molecule has 2 amide bonds. The normalized spacial score (nSPS) is 14.0. The van der Waals surface area contributed by atoms with Crippen LogP contribution in [-0.4, -0.2) is 64.3 Å². The number of carbonyl (C=O) groups excluding carboxylic acids is 2. The number of hydrogen-bond donors (Lipinski definition) is 0. The Labute approximate surface area is 207 Å². The number of alkyl halides is 3. The number of benzene rings is 2. The van der Waals surface area contributed by atoms with E-state index in [1.807, 2.05) is 35.2 Å². The van der Waals surface area contributed by atoms with E-state index in [2.05, 4.69) is 9.97 Å². The molecule has 1 aromatic heterocycles. The fraction of sp³-hybridized carbons (Fsp3) is 0.308. The van der Waals surface area contributed by atoms with Crippen LogP contribution in [0.4, 0.5) is 18.9 Å². The van der Waals surface area contributed by atoms with E-state index in [1.54, 1.807) is 15.9 Å². The molecule has 0 radical (unpaired) electrons. The number of halogens is 3. The van der Waals surface area contributed by atoms with Gasteiger partial charge in [-0.25, -0.2) is 4.98 Å². The molecule has 0 atom stereocenters. The van der Waals surface area contributed by atoms with Gasteiger partial charge < -0.3 is 14.7 Å². The van der Waals surface area contributed by atoms with Gasteiger partial charge in [0.2, 0.25) is 5.91 Å². The maximum absolute atomic E-state index is 13.0. The minimum atomic E-state index is -4.40. The average Bonchev–Trinajstić information content (AvgIpc) is 2.91. The van der Waals surface area contributed by atoms with Crippen LogP contribution < -0.4 is 4.90 Å². The van der Waals surface area contributed by atoms with Gasteiger partial charge in [0.1, 0.15) is 5.69 Å². The Morgan fingerprint density at radius 2 is 1.69 bits per heavy atom. The molecule has 0 N–H and O–H groups in total. The lowest BCUT2D eigenvalue weighted by Gasteiger charge is -2.36. The van der Waals surface area contributed by atoms with E-state index in [-0.39, 0.29) is 30.5 Å². The number of amides is 2. The molecule has 4 rings (SSSR count). The fourth-order valence-corrected chi connectivity index (χ4v) is 4.11. The van der Waals surface area contributed by atoms with Crippen molar-refractivity contribution in [3.8, 4) is 0 Å². The number of rotatable bonds is 7. The smallest absolute Gasteiger partial charge is 0.368 e. The second kappa shape index (κ2) is 11.2. The minimum Gasteiger partial charge on any atom is -0.368 e.